The van der Waals surface area contributed by atoms with Crippen LogP contribution in [0.3, 0.4) is 0 Å². The summed E-state index contributed by atoms with van der Waals surface area (Å²) in [5.41, 5.74) is 3.61. The molecule has 0 unspecified atom stereocenters. The number of aryl methyl sites for hydroxylation is 1. The van der Waals surface area contributed by atoms with E-state index in [4.69, 9.17) is 4.74 Å². The maximum Gasteiger partial charge on any atom is 0.200 e. The smallest absolute Gasteiger partial charge is 0.200 e. The molecule has 0 aliphatic carbocycles. The average Bonchev–Trinajstić information content (AvgIpc) is 2.86. The van der Waals surface area contributed by atoms with Gasteiger partial charge in [-0.2, -0.15) is 0 Å². The number of rotatable bonds is 5. The summed E-state index contributed by atoms with van der Waals surface area (Å²) in [4.78, 5) is 7.44. The number of nitrogens with one attached hydrogen (secondary N) is 2. The Labute approximate surface area is 107 Å². The summed E-state index contributed by atoms with van der Waals surface area (Å²) in [5, 5.41) is 2.99. The van der Waals surface area contributed by atoms with Crippen LogP contribution in [0.15, 0.2) is 24.4 Å². The number of hydrogen-bond donors (Lipinski definition) is 2. The lowest BCUT2D eigenvalue weighted by Gasteiger charge is -2.08. The van der Waals surface area contributed by atoms with Gasteiger partial charge in [0.05, 0.1) is 13.3 Å². The summed E-state index contributed by atoms with van der Waals surface area (Å²) < 4.78 is 5.33. The molecule has 96 valence electrons. The number of methoxy groups -OCH3 is 1. The van der Waals surface area contributed by atoms with Gasteiger partial charge in [-0.25, -0.2) is 4.98 Å². The van der Waals surface area contributed by atoms with Crippen LogP contribution in [0.1, 0.15) is 23.7 Å². The van der Waals surface area contributed by atoms with Gasteiger partial charge in [-0.15, -0.1) is 0 Å². The molecule has 4 heteroatoms. The SMILES string of the molecule is CCc1cc(Cc2cnc(NC)[nH]2)ccc1OC. The number of anilines is 1. The molecule has 0 amide bonds. The first kappa shape index (κ1) is 12.5. The van der Waals surface area contributed by atoms with E-state index in [1.54, 1.807) is 7.11 Å². The van der Waals surface area contributed by atoms with Crippen LogP contribution in [0, 0.1) is 0 Å². The minimum absolute atomic E-state index is 0.800. The minimum atomic E-state index is 0.800. The van der Waals surface area contributed by atoms with E-state index >= 15 is 0 Å². The molecule has 0 radical (unpaired) electrons. The monoisotopic (exact) mass is 245 g/mol. The normalized spacial score (nSPS) is 10.4. The highest BCUT2D eigenvalue weighted by atomic mass is 16.5. The third-order valence-electron chi connectivity index (χ3n) is 2.99. The summed E-state index contributed by atoms with van der Waals surface area (Å²) in [6.45, 7) is 2.14. The topological polar surface area (TPSA) is 49.9 Å². The van der Waals surface area contributed by atoms with Crippen molar-refractivity contribution in [3.8, 4) is 5.75 Å². The highest BCUT2D eigenvalue weighted by Crippen LogP contribution is 2.21. The summed E-state index contributed by atoms with van der Waals surface area (Å²) >= 11 is 0. The maximum absolute atomic E-state index is 5.33. The van der Waals surface area contributed by atoms with Crippen LogP contribution in [-0.4, -0.2) is 24.1 Å². The van der Waals surface area contributed by atoms with E-state index < -0.39 is 0 Å². The van der Waals surface area contributed by atoms with E-state index in [0.717, 1.165) is 30.2 Å². The standard InChI is InChI=1S/C14H19N3O/c1-4-11-7-10(5-6-13(11)18-3)8-12-9-16-14(15-2)17-12/h5-7,9H,4,8H2,1-3H3,(H2,15,16,17). The van der Waals surface area contributed by atoms with Crippen molar-refractivity contribution in [2.45, 2.75) is 19.8 Å². The number of benzene rings is 1. The van der Waals surface area contributed by atoms with Gasteiger partial charge in [0, 0.05) is 19.2 Å². The Balaban J connectivity index is 2.18. The Bertz CT molecular complexity index is 520. The van der Waals surface area contributed by atoms with Gasteiger partial charge in [0.15, 0.2) is 5.95 Å². The van der Waals surface area contributed by atoms with Crippen molar-refractivity contribution in [2.75, 3.05) is 19.5 Å². The number of ether oxygens (including phenoxy) is 1. The molecule has 1 heterocycles. The van der Waals surface area contributed by atoms with Crippen molar-refractivity contribution in [1.29, 1.82) is 0 Å². The van der Waals surface area contributed by atoms with Gasteiger partial charge in [-0.05, 0) is 23.6 Å². The van der Waals surface area contributed by atoms with Crippen molar-refractivity contribution in [2.24, 2.45) is 0 Å². The van der Waals surface area contributed by atoms with Crippen LogP contribution in [0.25, 0.3) is 0 Å². The first-order chi connectivity index (χ1) is 8.76. The van der Waals surface area contributed by atoms with Crippen molar-refractivity contribution < 1.29 is 4.74 Å². The van der Waals surface area contributed by atoms with E-state index in [9.17, 15) is 0 Å². The zero-order valence-electron chi connectivity index (χ0n) is 11.1. The molecule has 0 spiro atoms. The maximum atomic E-state index is 5.33. The number of hydrogen-bond acceptors (Lipinski definition) is 3. The Kier molecular flexibility index (Phi) is 3.87. The fourth-order valence-electron chi connectivity index (χ4n) is 2.01. The van der Waals surface area contributed by atoms with Crippen LogP contribution in [0.4, 0.5) is 5.95 Å². The van der Waals surface area contributed by atoms with E-state index in [-0.39, 0.29) is 0 Å². The molecular formula is C14H19N3O. The molecular weight excluding hydrogens is 226 g/mol. The van der Waals surface area contributed by atoms with Crippen molar-refractivity contribution in [1.82, 2.24) is 9.97 Å². The number of nitrogens with zero attached hydrogens (tertiary/aromatic N) is 1. The third kappa shape index (κ3) is 2.64. The fourth-order valence-corrected chi connectivity index (χ4v) is 2.01. The number of imidazole rings is 1. The second kappa shape index (κ2) is 5.58. The second-order valence-electron chi connectivity index (χ2n) is 4.18. The van der Waals surface area contributed by atoms with Crippen LogP contribution in [0.2, 0.25) is 0 Å². The zero-order valence-corrected chi connectivity index (χ0v) is 11.1. The molecule has 0 aliphatic heterocycles. The molecule has 2 aromatic rings. The van der Waals surface area contributed by atoms with Crippen LogP contribution >= 0.6 is 0 Å². The lowest BCUT2D eigenvalue weighted by molar-refractivity contribution is 0.410. The minimum Gasteiger partial charge on any atom is -0.496 e. The van der Waals surface area contributed by atoms with E-state index in [1.165, 1.54) is 11.1 Å². The number of aromatic nitrogens is 2. The summed E-state index contributed by atoms with van der Waals surface area (Å²) in [5.74, 6) is 1.76. The lowest BCUT2D eigenvalue weighted by Crippen LogP contribution is -1.95. The largest absolute Gasteiger partial charge is 0.496 e. The van der Waals surface area contributed by atoms with E-state index in [0.29, 0.717) is 0 Å². The van der Waals surface area contributed by atoms with E-state index in [1.807, 2.05) is 19.3 Å². The van der Waals surface area contributed by atoms with Gasteiger partial charge in [0.25, 0.3) is 0 Å². The molecule has 0 atom stereocenters. The Morgan fingerprint density at radius 1 is 1.39 bits per heavy atom. The van der Waals surface area contributed by atoms with Gasteiger partial charge < -0.3 is 15.0 Å². The molecule has 0 fully saturated rings. The molecule has 0 bridgehead atoms. The van der Waals surface area contributed by atoms with Crippen LogP contribution in [-0.2, 0) is 12.8 Å². The van der Waals surface area contributed by atoms with Gasteiger partial charge in [0.1, 0.15) is 5.75 Å². The van der Waals surface area contributed by atoms with Crippen LogP contribution in [0.5, 0.6) is 5.75 Å². The quantitative estimate of drug-likeness (QED) is 0.851. The van der Waals surface area contributed by atoms with Crippen molar-refractivity contribution >= 4 is 5.95 Å². The van der Waals surface area contributed by atoms with E-state index in [2.05, 4.69) is 34.3 Å². The summed E-state index contributed by atoms with van der Waals surface area (Å²) in [7, 11) is 3.56. The van der Waals surface area contributed by atoms with Gasteiger partial charge in [0.2, 0.25) is 0 Å². The van der Waals surface area contributed by atoms with Gasteiger partial charge in [-0.3, -0.25) is 0 Å². The first-order valence-electron chi connectivity index (χ1n) is 6.14. The molecule has 1 aromatic carbocycles. The fraction of sp³-hybridized carbons (Fsp3) is 0.357. The number of aromatic amines is 1. The van der Waals surface area contributed by atoms with Crippen LogP contribution < -0.4 is 10.1 Å². The lowest BCUT2D eigenvalue weighted by atomic mass is 10.0. The molecule has 4 nitrogen and oxygen atoms in total. The molecule has 0 saturated heterocycles. The van der Waals surface area contributed by atoms with Gasteiger partial charge in [-0.1, -0.05) is 19.1 Å². The second-order valence-corrected chi connectivity index (χ2v) is 4.18. The predicted molar refractivity (Wildman–Crippen MR) is 73.3 cm³/mol. The molecule has 1 aromatic heterocycles. The number of H-pyrrole nitrogens is 1. The molecule has 0 saturated carbocycles. The van der Waals surface area contributed by atoms with Gasteiger partial charge >= 0.3 is 0 Å². The first-order valence-corrected chi connectivity index (χ1v) is 6.14. The molecule has 18 heavy (non-hydrogen) atoms. The molecule has 2 rings (SSSR count). The Hall–Kier alpha value is -1.97. The summed E-state index contributed by atoms with van der Waals surface area (Å²) in [6.07, 6.45) is 3.69. The Morgan fingerprint density at radius 3 is 2.83 bits per heavy atom. The summed E-state index contributed by atoms with van der Waals surface area (Å²) in [6, 6.07) is 6.32. The molecule has 0 aliphatic rings. The highest BCUT2D eigenvalue weighted by Gasteiger charge is 2.05. The third-order valence-corrected chi connectivity index (χ3v) is 2.99. The Morgan fingerprint density at radius 2 is 2.22 bits per heavy atom. The highest BCUT2D eigenvalue weighted by molar-refractivity contribution is 5.39. The zero-order chi connectivity index (χ0) is 13.0. The average molecular weight is 245 g/mol. The van der Waals surface area contributed by atoms with Crippen molar-refractivity contribution in [3.05, 3.63) is 41.2 Å². The predicted octanol–water partition coefficient (Wildman–Crippen LogP) is 2.61. The molecule has 2 N–H and O–H groups in total. The van der Waals surface area contributed by atoms with Crippen molar-refractivity contribution in [3.63, 3.8) is 0 Å².